The van der Waals surface area contributed by atoms with E-state index in [2.05, 4.69) is 10.3 Å². The maximum Gasteiger partial charge on any atom is 0.351 e. The Morgan fingerprint density at radius 1 is 1.29 bits per heavy atom. The van der Waals surface area contributed by atoms with Crippen LogP contribution in [0.4, 0.5) is 5.82 Å². The minimum atomic E-state index is -0.490. The van der Waals surface area contributed by atoms with Gasteiger partial charge in [-0.2, -0.15) is 4.98 Å². The highest BCUT2D eigenvalue weighted by atomic mass is 16.5. The van der Waals surface area contributed by atoms with Crippen LogP contribution in [-0.4, -0.2) is 33.3 Å². The van der Waals surface area contributed by atoms with Crippen LogP contribution in [0.15, 0.2) is 47.4 Å². The van der Waals surface area contributed by atoms with E-state index >= 15 is 0 Å². The molecular formula is C17H19N3O4. The number of aliphatic hydroxyl groups is 1. The molecule has 0 unspecified atom stereocenters. The topological polar surface area (TPSA) is 93.5 Å². The Hall–Kier alpha value is -2.51. The first-order valence-electron chi connectivity index (χ1n) is 7.85. The van der Waals surface area contributed by atoms with Crippen LogP contribution in [0.3, 0.4) is 0 Å². The van der Waals surface area contributed by atoms with Gasteiger partial charge in [-0.25, -0.2) is 4.79 Å². The number of anilines is 1. The van der Waals surface area contributed by atoms with Gasteiger partial charge in [0.25, 0.3) is 0 Å². The lowest BCUT2D eigenvalue weighted by Crippen LogP contribution is -2.28. The van der Waals surface area contributed by atoms with Gasteiger partial charge in [0, 0.05) is 6.20 Å². The van der Waals surface area contributed by atoms with Crippen molar-refractivity contribution in [3.05, 3.63) is 58.6 Å². The van der Waals surface area contributed by atoms with Gasteiger partial charge < -0.3 is 15.2 Å². The average molecular weight is 329 g/mol. The van der Waals surface area contributed by atoms with Crippen molar-refractivity contribution < 1.29 is 14.6 Å². The molecule has 1 fully saturated rings. The number of amides is 1. The fraction of sp³-hybridized carbons (Fsp3) is 0.353. The van der Waals surface area contributed by atoms with Crippen molar-refractivity contribution in [1.82, 2.24) is 9.55 Å². The zero-order valence-electron chi connectivity index (χ0n) is 13.1. The molecular weight excluding hydrogens is 310 g/mol. The molecule has 0 bridgehead atoms. The summed E-state index contributed by atoms with van der Waals surface area (Å²) in [5.74, 6) is -0.0165. The third-order valence-electron chi connectivity index (χ3n) is 3.90. The van der Waals surface area contributed by atoms with Gasteiger partial charge in [-0.05, 0) is 24.5 Å². The number of nitrogens with one attached hydrogen (secondary N) is 1. The molecule has 1 aliphatic heterocycles. The van der Waals surface area contributed by atoms with Gasteiger partial charge in [-0.3, -0.25) is 9.36 Å². The molecule has 1 aliphatic rings. The third-order valence-corrected chi connectivity index (χ3v) is 3.90. The molecule has 126 valence electrons. The molecule has 2 heterocycles. The van der Waals surface area contributed by atoms with Gasteiger partial charge in [0.05, 0.1) is 19.1 Å². The minimum absolute atomic E-state index is 0.0632. The number of nitrogens with zero attached hydrogens (tertiary/aromatic N) is 2. The van der Waals surface area contributed by atoms with Crippen LogP contribution < -0.4 is 11.0 Å². The zero-order valence-corrected chi connectivity index (χ0v) is 13.1. The lowest BCUT2D eigenvalue weighted by molar-refractivity contribution is -0.115. The third kappa shape index (κ3) is 3.87. The van der Waals surface area contributed by atoms with E-state index in [9.17, 15) is 9.59 Å². The van der Waals surface area contributed by atoms with Gasteiger partial charge >= 0.3 is 5.69 Å². The van der Waals surface area contributed by atoms with Crippen molar-refractivity contribution in [3.8, 4) is 0 Å². The second-order valence-electron chi connectivity index (χ2n) is 5.69. The molecule has 1 aromatic heterocycles. The summed E-state index contributed by atoms with van der Waals surface area (Å²) >= 11 is 0. The molecule has 1 saturated heterocycles. The lowest BCUT2D eigenvalue weighted by Gasteiger charge is -2.15. The van der Waals surface area contributed by atoms with Gasteiger partial charge in [-0.15, -0.1) is 0 Å². The van der Waals surface area contributed by atoms with E-state index in [1.54, 1.807) is 12.3 Å². The number of hydrogen-bond donors (Lipinski definition) is 2. The number of carbonyl (C=O) groups excluding carboxylic acids is 1. The van der Waals surface area contributed by atoms with Crippen molar-refractivity contribution in [2.45, 2.75) is 31.6 Å². The normalized spacial score (nSPS) is 20.0. The monoisotopic (exact) mass is 329 g/mol. The molecule has 7 heteroatoms. The molecule has 2 N–H and O–H groups in total. The van der Waals surface area contributed by atoms with E-state index in [1.165, 1.54) is 4.57 Å². The number of carbonyl (C=O) groups is 1. The van der Waals surface area contributed by atoms with Crippen LogP contribution in [0.25, 0.3) is 0 Å². The maximum atomic E-state index is 12.1. The van der Waals surface area contributed by atoms with E-state index in [0.29, 0.717) is 12.8 Å². The Morgan fingerprint density at radius 2 is 2.08 bits per heavy atom. The summed E-state index contributed by atoms with van der Waals surface area (Å²) in [6, 6.07) is 10.9. The smallest absolute Gasteiger partial charge is 0.351 e. The summed E-state index contributed by atoms with van der Waals surface area (Å²) in [6.45, 7) is -0.0632. The highest BCUT2D eigenvalue weighted by Gasteiger charge is 2.26. The Kier molecular flexibility index (Phi) is 5.02. The molecule has 3 rings (SSSR count). The molecule has 0 saturated carbocycles. The Labute approximate surface area is 138 Å². The number of aliphatic hydroxyl groups excluding tert-OH is 1. The molecule has 0 aliphatic carbocycles. The number of aromatic nitrogens is 2. The minimum Gasteiger partial charge on any atom is -0.394 e. The Balaban J connectivity index is 1.64. The number of benzene rings is 1. The Morgan fingerprint density at radius 3 is 2.75 bits per heavy atom. The molecule has 7 nitrogen and oxygen atoms in total. The molecule has 1 amide bonds. The molecule has 2 atom stereocenters. The van der Waals surface area contributed by atoms with Crippen molar-refractivity contribution in [3.63, 3.8) is 0 Å². The van der Waals surface area contributed by atoms with Gasteiger partial charge in [-0.1, -0.05) is 30.3 Å². The van der Waals surface area contributed by atoms with E-state index in [1.807, 2.05) is 30.3 Å². The van der Waals surface area contributed by atoms with Crippen molar-refractivity contribution >= 4 is 11.7 Å². The summed E-state index contributed by atoms with van der Waals surface area (Å²) in [6.07, 6.45) is 2.45. The predicted octanol–water partition coefficient (Wildman–Crippen LogP) is 1.09. The molecule has 1 aromatic carbocycles. The summed E-state index contributed by atoms with van der Waals surface area (Å²) < 4.78 is 6.94. The van der Waals surface area contributed by atoms with Crippen molar-refractivity contribution in [1.29, 1.82) is 0 Å². The lowest BCUT2D eigenvalue weighted by atomic mass is 10.1. The van der Waals surface area contributed by atoms with Gasteiger partial charge in [0.1, 0.15) is 12.0 Å². The molecule has 0 radical (unpaired) electrons. The van der Waals surface area contributed by atoms with Crippen LogP contribution in [0.2, 0.25) is 0 Å². The van der Waals surface area contributed by atoms with Crippen LogP contribution in [0, 0.1) is 0 Å². The van der Waals surface area contributed by atoms with E-state index in [-0.39, 0.29) is 30.9 Å². The second kappa shape index (κ2) is 7.37. The van der Waals surface area contributed by atoms with E-state index in [4.69, 9.17) is 9.84 Å². The molecule has 0 spiro atoms. The maximum absolute atomic E-state index is 12.1. The van der Waals surface area contributed by atoms with Crippen molar-refractivity contribution in [2.24, 2.45) is 0 Å². The average Bonchev–Trinajstić information content (AvgIpc) is 3.04. The SMILES string of the molecule is O=C(Cc1ccccc1)Nc1ccn([C@H]2CC[C@@H](CO)O2)c(=O)n1. The highest BCUT2D eigenvalue weighted by Crippen LogP contribution is 2.26. The summed E-state index contributed by atoms with van der Waals surface area (Å²) in [5, 5.41) is 11.7. The van der Waals surface area contributed by atoms with Crippen molar-refractivity contribution in [2.75, 3.05) is 11.9 Å². The number of ether oxygens (including phenoxy) is 1. The van der Waals surface area contributed by atoms with E-state index < -0.39 is 11.9 Å². The largest absolute Gasteiger partial charge is 0.394 e. The van der Waals surface area contributed by atoms with E-state index in [0.717, 1.165) is 5.56 Å². The number of rotatable bonds is 5. The van der Waals surface area contributed by atoms with Crippen LogP contribution >= 0.6 is 0 Å². The van der Waals surface area contributed by atoms with Crippen LogP contribution in [0.5, 0.6) is 0 Å². The summed E-state index contributed by atoms with van der Waals surface area (Å²) in [5.41, 5.74) is 0.397. The Bertz CT molecular complexity index is 760. The predicted molar refractivity (Wildman–Crippen MR) is 87.5 cm³/mol. The zero-order chi connectivity index (χ0) is 16.9. The molecule has 2 aromatic rings. The standard InChI is InChI=1S/C17H19N3O4/c21-11-13-6-7-16(24-13)20-9-8-14(19-17(20)23)18-15(22)10-12-4-2-1-3-5-12/h1-5,8-9,13,16,21H,6-7,10-11H2,(H,18,19,22,23)/t13-,16+/m0/s1. The van der Waals surface area contributed by atoms with Gasteiger partial charge in [0.2, 0.25) is 5.91 Å². The first kappa shape index (κ1) is 16.4. The highest BCUT2D eigenvalue weighted by molar-refractivity contribution is 5.91. The second-order valence-corrected chi connectivity index (χ2v) is 5.69. The quantitative estimate of drug-likeness (QED) is 0.856. The first-order valence-corrected chi connectivity index (χ1v) is 7.85. The fourth-order valence-corrected chi connectivity index (χ4v) is 2.70. The first-order chi connectivity index (χ1) is 11.7. The van der Waals surface area contributed by atoms with Gasteiger partial charge in [0.15, 0.2) is 0 Å². The fourth-order valence-electron chi connectivity index (χ4n) is 2.70. The summed E-state index contributed by atoms with van der Waals surface area (Å²) in [4.78, 5) is 28.0. The number of hydrogen-bond acceptors (Lipinski definition) is 5. The van der Waals surface area contributed by atoms with Crippen LogP contribution in [0.1, 0.15) is 24.6 Å². The molecule has 24 heavy (non-hydrogen) atoms. The van der Waals surface area contributed by atoms with Crippen LogP contribution in [-0.2, 0) is 16.0 Å². The summed E-state index contributed by atoms with van der Waals surface area (Å²) in [7, 11) is 0.